The van der Waals surface area contributed by atoms with E-state index in [1.165, 1.54) is 41.7 Å². The fourth-order valence-corrected chi connectivity index (χ4v) is 13.7. The average molecular weight is 1520 g/mol. The highest BCUT2D eigenvalue weighted by Crippen LogP contribution is 2.32. The molecule has 107 heavy (non-hydrogen) atoms. The molecular weight excluding hydrogens is 1390 g/mol. The molecule has 0 radical (unpaired) electrons. The van der Waals surface area contributed by atoms with Gasteiger partial charge in [0, 0.05) is 84.9 Å². The maximum atomic E-state index is 12.3. The van der Waals surface area contributed by atoms with Crippen LogP contribution in [0.3, 0.4) is 0 Å². The summed E-state index contributed by atoms with van der Waals surface area (Å²) < 4.78 is 15.5. The van der Waals surface area contributed by atoms with Crippen LogP contribution in [0.4, 0.5) is 0 Å². The van der Waals surface area contributed by atoms with Crippen molar-refractivity contribution >= 4 is 50.9 Å². The molecule has 19 heteroatoms. The third kappa shape index (κ3) is 31.9. The number of likely N-dealkylation sites (N-methyl/N-ethyl adjacent to an activating group) is 1. The van der Waals surface area contributed by atoms with Gasteiger partial charge in [0.15, 0.2) is 0 Å². The number of Topliss-reactive ketones (excluding diaryl/α,β-unsaturated/α-hetero) is 1. The molecule has 16 nitrogen and oxygen atoms in total. The zero-order valence-electron chi connectivity index (χ0n) is 68.0. The fraction of sp³-hybridized carbons (Fsp3) is 0.534. The Hall–Kier alpha value is -6.91. The number of thiazole rings is 3. The molecule has 1 aromatic carbocycles. The van der Waals surface area contributed by atoms with Gasteiger partial charge in [-0.25, -0.2) is 15.0 Å². The number of likely N-dealkylation sites (tertiary alicyclic amines) is 1. The minimum atomic E-state index is -0.365. The predicted octanol–water partition coefficient (Wildman–Crippen LogP) is 20.5. The van der Waals surface area contributed by atoms with Crippen molar-refractivity contribution in [2.24, 2.45) is 5.92 Å². The first-order chi connectivity index (χ1) is 50.3. The first kappa shape index (κ1) is 90.7. The Kier molecular flexibility index (Phi) is 37.4. The van der Waals surface area contributed by atoms with Gasteiger partial charge in [-0.2, -0.15) is 0 Å². The highest BCUT2D eigenvalue weighted by molar-refractivity contribution is 7.13. The molecule has 9 heterocycles. The van der Waals surface area contributed by atoms with Gasteiger partial charge < -0.3 is 39.5 Å². The number of ketones is 1. The highest BCUT2D eigenvalue weighted by atomic mass is 32.1. The number of hydrogen-bond donors (Lipinski definition) is 5. The Balaban J connectivity index is 0.000000233. The lowest BCUT2D eigenvalue weighted by Gasteiger charge is -2.17. The fourth-order valence-electron chi connectivity index (χ4n) is 11.4. The summed E-state index contributed by atoms with van der Waals surface area (Å²) >= 11 is 4.86. The van der Waals surface area contributed by atoms with Crippen LogP contribution in [0.1, 0.15) is 246 Å². The third-order valence-electron chi connectivity index (χ3n) is 19.1. The summed E-state index contributed by atoms with van der Waals surface area (Å²) in [7, 11) is 1.91. The summed E-state index contributed by atoms with van der Waals surface area (Å²) in [5.41, 5.74) is 20.7. The second-order valence-electron chi connectivity index (χ2n) is 32.5. The molecule has 7 atom stereocenters. The lowest BCUT2D eigenvalue weighted by Crippen LogP contribution is -2.33. The van der Waals surface area contributed by atoms with Gasteiger partial charge in [-0.1, -0.05) is 241 Å². The van der Waals surface area contributed by atoms with Crippen molar-refractivity contribution in [1.29, 1.82) is 0 Å². The number of carbonyl (C=O) groups is 1. The van der Waals surface area contributed by atoms with E-state index in [1.807, 2.05) is 86.5 Å². The second kappa shape index (κ2) is 44.1. The van der Waals surface area contributed by atoms with Crippen LogP contribution < -0.4 is 10.6 Å². The zero-order chi connectivity index (χ0) is 79.3. The molecule has 7 unspecified atom stereocenters. The summed E-state index contributed by atoms with van der Waals surface area (Å²) in [6.45, 7) is 62.3. The van der Waals surface area contributed by atoms with Gasteiger partial charge in [0.05, 0.1) is 89.7 Å². The standard InChI is InChI=1S/C18H22N2O2S.2C18H24N2OS.2C11H19NO.C8H13NO.C4H8/c1-12-18(23-11-19-12)14-6-3-13(4-7-14)5-8-17(22)16-9-15(21)10-20(16)2;2*1-12(5-7-13(2)17-9-16(21)10-19-17)6-8-14(3)18-15(4)20-11-22-18;1-8(2)6-9-7-10(12-13-9)11(3,4)5;1-6-8(2)9-7-10(12-13-9)11(3,4)5;1-6-5-7(9-10-6)8(2,3)4;1-2-4-3-1/h3-4,6-7,11,15-16,21H,5,8-10H2,1-2H3;2*6,8,11,16-17,19,21H,1-3,5,7,9-10H2,4H3;2*7-8H,6H2,1-5H3;5H,1-4H3;1-4H2/b;2*8-6-;;;;. The zero-order valence-corrected chi connectivity index (χ0v) is 70.5. The molecule has 3 aliphatic heterocycles. The van der Waals surface area contributed by atoms with Crippen molar-refractivity contribution in [3.05, 3.63) is 212 Å². The molecule has 5 N–H and O–H groups in total. The smallest absolute Gasteiger partial charge is 0.150 e. The number of aryl methyl sites for hydroxylation is 5. The van der Waals surface area contributed by atoms with Crippen LogP contribution >= 0.6 is 34.0 Å². The predicted molar refractivity (Wildman–Crippen MR) is 449 cm³/mol. The molecule has 586 valence electrons. The van der Waals surface area contributed by atoms with Crippen LogP contribution in [0.5, 0.6) is 0 Å². The molecule has 0 bridgehead atoms. The van der Waals surface area contributed by atoms with Crippen LogP contribution in [-0.2, 0) is 33.9 Å². The average Bonchev–Trinajstić information content (AvgIpc) is 1.86. The number of hydrogen-bond acceptors (Lipinski definition) is 19. The van der Waals surface area contributed by atoms with E-state index in [-0.39, 0.29) is 58.5 Å². The topological polar surface area (TPSA) is 222 Å². The van der Waals surface area contributed by atoms with Crippen molar-refractivity contribution in [2.75, 3.05) is 26.7 Å². The molecule has 6 aromatic heterocycles. The Bertz CT molecular complexity index is 3850. The van der Waals surface area contributed by atoms with Crippen LogP contribution in [-0.4, -0.2) is 120 Å². The minimum absolute atomic E-state index is 0.0925. The van der Waals surface area contributed by atoms with Gasteiger partial charge in [0.1, 0.15) is 23.1 Å². The van der Waals surface area contributed by atoms with Gasteiger partial charge in [0.2, 0.25) is 0 Å². The third-order valence-corrected chi connectivity index (χ3v) is 22.1. The number of aromatic nitrogens is 6. The first-order valence-electron chi connectivity index (χ1n) is 38.2. The number of β-amino-alcohol motifs (C(OH)–C–C–N with tert-alkyl or cyclic N) is 3. The molecule has 11 rings (SSSR count). The van der Waals surface area contributed by atoms with Gasteiger partial charge in [-0.15, -0.1) is 34.0 Å². The molecular formula is C88H129N9O7S3. The van der Waals surface area contributed by atoms with Gasteiger partial charge in [0.25, 0.3) is 0 Å². The van der Waals surface area contributed by atoms with E-state index in [0.717, 1.165) is 152 Å². The molecule has 0 amide bonds. The van der Waals surface area contributed by atoms with E-state index in [2.05, 4.69) is 207 Å². The van der Waals surface area contributed by atoms with E-state index >= 15 is 0 Å². The molecule has 0 spiro atoms. The van der Waals surface area contributed by atoms with E-state index in [4.69, 9.17) is 13.6 Å². The lowest BCUT2D eigenvalue weighted by atomic mass is 9.91. The van der Waals surface area contributed by atoms with E-state index in [0.29, 0.717) is 44.3 Å². The van der Waals surface area contributed by atoms with Gasteiger partial charge in [-0.05, 0) is 121 Å². The van der Waals surface area contributed by atoms with Crippen molar-refractivity contribution in [1.82, 2.24) is 46.0 Å². The molecule has 1 aliphatic carbocycles. The summed E-state index contributed by atoms with van der Waals surface area (Å²) in [5, 5.41) is 47.4. The van der Waals surface area contributed by atoms with Crippen molar-refractivity contribution in [3.63, 3.8) is 0 Å². The number of allylic oxidation sites excluding steroid dienone is 8. The normalized spacial score (nSPS) is 18.7. The molecule has 3 saturated heterocycles. The Morgan fingerprint density at radius 3 is 1.40 bits per heavy atom. The summed E-state index contributed by atoms with van der Waals surface area (Å²) in [6.07, 6.45) is 22.2. The van der Waals surface area contributed by atoms with E-state index < -0.39 is 0 Å². The monoisotopic (exact) mass is 1520 g/mol. The molecule has 4 aliphatic rings. The largest absolute Gasteiger partial charge is 0.392 e. The number of aliphatic hydroxyl groups excluding tert-OH is 3. The van der Waals surface area contributed by atoms with Crippen molar-refractivity contribution in [2.45, 2.75) is 273 Å². The number of nitrogens with one attached hydrogen (secondary N) is 2. The maximum absolute atomic E-state index is 12.3. The SMILES string of the molecule is C1CCC1.C=C(/C=C\C(=C)c1scnc1C)CCC(=C)C1CC(O)CN1.C=C(/C=C\C(=C)c1scnc1C)CCC(=C)C1CC(O)CN1.CC(C)Cc1cc(C(C)(C)C)no1.CCC(C)c1cc(C(C)(C)C)no1.Cc1cc(C(C)(C)C)no1.Cc1ncsc1-c1ccc(CCC(=O)C2CC(O)CN2C)cc1. The van der Waals surface area contributed by atoms with Crippen LogP contribution in [0, 0.1) is 33.6 Å². The molecule has 4 fully saturated rings. The lowest BCUT2D eigenvalue weighted by molar-refractivity contribution is -0.123. The summed E-state index contributed by atoms with van der Waals surface area (Å²) in [6, 6.07) is 14.9. The van der Waals surface area contributed by atoms with Crippen LogP contribution in [0.2, 0.25) is 0 Å². The number of rotatable bonds is 23. The quantitative estimate of drug-likeness (QED) is 0.0297. The number of carbonyl (C=O) groups excluding carboxylic acids is 1. The Morgan fingerprint density at radius 2 is 1.05 bits per heavy atom. The number of aliphatic hydroxyl groups is 3. The Labute approximate surface area is 654 Å². The van der Waals surface area contributed by atoms with Gasteiger partial charge in [-0.3, -0.25) is 9.69 Å². The van der Waals surface area contributed by atoms with E-state index in [9.17, 15) is 20.1 Å². The van der Waals surface area contributed by atoms with Crippen molar-refractivity contribution in [3.8, 4) is 10.4 Å². The summed E-state index contributed by atoms with van der Waals surface area (Å²) in [4.78, 5) is 30.5. The van der Waals surface area contributed by atoms with Crippen LogP contribution in [0.25, 0.3) is 21.6 Å². The van der Waals surface area contributed by atoms with Crippen LogP contribution in [0.15, 0.2) is 159 Å². The maximum Gasteiger partial charge on any atom is 0.150 e. The summed E-state index contributed by atoms with van der Waals surface area (Å²) in [5.74, 6) is 4.22. The van der Waals surface area contributed by atoms with Gasteiger partial charge >= 0.3 is 0 Å². The first-order valence-corrected chi connectivity index (χ1v) is 40.8. The molecule has 1 saturated carbocycles. The number of benzene rings is 1. The molecule has 7 aromatic rings. The number of nitrogens with zero attached hydrogens (tertiary/aromatic N) is 7. The Morgan fingerprint density at radius 1 is 0.589 bits per heavy atom. The minimum Gasteiger partial charge on any atom is -0.392 e. The highest BCUT2D eigenvalue weighted by Gasteiger charge is 2.33. The second-order valence-corrected chi connectivity index (χ2v) is 35.1. The van der Waals surface area contributed by atoms with Crippen molar-refractivity contribution < 1.29 is 33.7 Å². The van der Waals surface area contributed by atoms with E-state index in [1.54, 1.807) is 34.0 Å².